The quantitative estimate of drug-likeness (QED) is 0.728. The second-order valence-corrected chi connectivity index (χ2v) is 4.13. The van der Waals surface area contributed by atoms with Gasteiger partial charge in [0.25, 0.3) is 0 Å². The summed E-state index contributed by atoms with van der Waals surface area (Å²) < 4.78 is 13.4. The van der Waals surface area contributed by atoms with Crippen LogP contribution in [0.25, 0.3) is 0 Å². The van der Waals surface area contributed by atoms with Gasteiger partial charge in [-0.05, 0) is 48.4 Å². The van der Waals surface area contributed by atoms with Crippen LogP contribution in [0.4, 0.5) is 4.39 Å². The van der Waals surface area contributed by atoms with Gasteiger partial charge >= 0.3 is 0 Å². The fraction of sp³-hybridized carbons (Fsp3) is 0.500. The summed E-state index contributed by atoms with van der Waals surface area (Å²) in [6.07, 6.45) is 1.86. The van der Waals surface area contributed by atoms with E-state index in [0.717, 1.165) is 24.0 Å². The number of halogens is 1. The first kappa shape index (κ1) is 9.66. The molecule has 2 rings (SSSR count). The third kappa shape index (κ3) is 1.44. The zero-order chi connectivity index (χ0) is 10.1. The SMILES string of the molecule is CC1c2cccc(F)c2CCC1CN. The molecule has 0 aromatic heterocycles. The molecule has 76 valence electrons. The molecular weight excluding hydrogens is 177 g/mol. The standard InChI is InChI=1S/C12H16FN/c1-8-9(7-14)5-6-11-10(8)3-2-4-12(11)13/h2-4,8-9H,5-7,14H2,1H3. The highest BCUT2D eigenvalue weighted by molar-refractivity contribution is 5.34. The van der Waals surface area contributed by atoms with Gasteiger partial charge in [0.05, 0.1) is 0 Å². The molecule has 0 fully saturated rings. The molecule has 2 unspecified atom stereocenters. The number of benzene rings is 1. The third-order valence-corrected chi connectivity index (χ3v) is 3.42. The summed E-state index contributed by atoms with van der Waals surface area (Å²) in [6, 6.07) is 5.38. The topological polar surface area (TPSA) is 26.0 Å². The van der Waals surface area contributed by atoms with Gasteiger partial charge in [-0.25, -0.2) is 4.39 Å². The molecule has 14 heavy (non-hydrogen) atoms. The lowest BCUT2D eigenvalue weighted by molar-refractivity contribution is 0.392. The van der Waals surface area contributed by atoms with Gasteiger partial charge in [-0.3, -0.25) is 0 Å². The number of nitrogens with two attached hydrogens (primary N) is 1. The number of hydrogen-bond acceptors (Lipinski definition) is 1. The predicted octanol–water partition coefficient (Wildman–Crippen LogP) is 2.45. The van der Waals surface area contributed by atoms with E-state index in [1.165, 1.54) is 0 Å². The van der Waals surface area contributed by atoms with Crippen LogP contribution in [0.1, 0.15) is 30.4 Å². The van der Waals surface area contributed by atoms with Crippen LogP contribution in [-0.2, 0) is 6.42 Å². The lowest BCUT2D eigenvalue weighted by atomic mass is 9.76. The van der Waals surface area contributed by atoms with Crippen LogP contribution in [0.15, 0.2) is 18.2 Å². The van der Waals surface area contributed by atoms with Crippen LogP contribution in [0.5, 0.6) is 0 Å². The Morgan fingerprint density at radius 2 is 2.29 bits per heavy atom. The second kappa shape index (κ2) is 3.70. The molecule has 0 saturated heterocycles. The van der Waals surface area contributed by atoms with Gasteiger partial charge in [0, 0.05) is 0 Å². The number of fused-ring (bicyclic) bond motifs is 1. The normalized spacial score (nSPS) is 25.9. The van der Waals surface area contributed by atoms with E-state index < -0.39 is 0 Å². The average molecular weight is 193 g/mol. The molecule has 1 aliphatic carbocycles. The Hall–Kier alpha value is -0.890. The van der Waals surface area contributed by atoms with Crippen molar-refractivity contribution in [1.29, 1.82) is 0 Å². The summed E-state index contributed by atoms with van der Waals surface area (Å²) in [6.45, 7) is 2.85. The maximum atomic E-state index is 13.4. The van der Waals surface area contributed by atoms with E-state index in [2.05, 4.69) is 6.92 Å². The van der Waals surface area contributed by atoms with Crippen molar-refractivity contribution in [3.05, 3.63) is 35.1 Å². The van der Waals surface area contributed by atoms with Gasteiger partial charge in [0.2, 0.25) is 0 Å². The van der Waals surface area contributed by atoms with Crippen molar-refractivity contribution >= 4 is 0 Å². The molecule has 2 N–H and O–H groups in total. The average Bonchev–Trinajstić information content (AvgIpc) is 2.20. The Morgan fingerprint density at radius 3 is 3.00 bits per heavy atom. The molecule has 0 bridgehead atoms. The van der Waals surface area contributed by atoms with Crippen LogP contribution in [0.3, 0.4) is 0 Å². The Morgan fingerprint density at radius 1 is 1.50 bits per heavy atom. The van der Waals surface area contributed by atoms with E-state index in [0.29, 0.717) is 18.4 Å². The lowest BCUT2D eigenvalue weighted by Gasteiger charge is -2.30. The first-order valence-electron chi connectivity index (χ1n) is 5.21. The number of hydrogen-bond donors (Lipinski definition) is 1. The highest BCUT2D eigenvalue weighted by Gasteiger charge is 2.26. The van der Waals surface area contributed by atoms with Crippen molar-refractivity contribution in [2.75, 3.05) is 6.54 Å². The first-order chi connectivity index (χ1) is 6.74. The number of rotatable bonds is 1. The minimum absolute atomic E-state index is 0.0511. The highest BCUT2D eigenvalue weighted by atomic mass is 19.1. The molecular formula is C12H16FN. The van der Waals surface area contributed by atoms with Crippen molar-refractivity contribution < 1.29 is 4.39 Å². The van der Waals surface area contributed by atoms with Gasteiger partial charge in [-0.2, -0.15) is 0 Å². The first-order valence-corrected chi connectivity index (χ1v) is 5.21. The predicted molar refractivity (Wildman–Crippen MR) is 55.7 cm³/mol. The molecule has 2 heteroatoms. The summed E-state index contributed by atoms with van der Waals surface area (Å²) in [7, 11) is 0. The monoisotopic (exact) mass is 193 g/mol. The van der Waals surface area contributed by atoms with Crippen molar-refractivity contribution in [1.82, 2.24) is 0 Å². The second-order valence-electron chi connectivity index (χ2n) is 4.13. The van der Waals surface area contributed by atoms with E-state index in [-0.39, 0.29) is 5.82 Å². The molecule has 1 aromatic carbocycles. The maximum absolute atomic E-state index is 13.4. The molecule has 1 aromatic rings. The summed E-state index contributed by atoms with van der Waals surface area (Å²) in [5, 5.41) is 0. The zero-order valence-corrected chi connectivity index (χ0v) is 8.46. The van der Waals surface area contributed by atoms with E-state index in [4.69, 9.17) is 5.73 Å². The molecule has 0 spiro atoms. The molecule has 1 aliphatic rings. The van der Waals surface area contributed by atoms with Crippen molar-refractivity contribution in [3.8, 4) is 0 Å². The van der Waals surface area contributed by atoms with Crippen LogP contribution in [-0.4, -0.2) is 6.54 Å². The molecule has 0 amide bonds. The van der Waals surface area contributed by atoms with Crippen LogP contribution in [0, 0.1) is 11.7 Å². The van der Waals surface area contributed by atoms with E-state index in [1.54, 1.807) is 12.1 Å². The van der Waals surface area contributed by atoms with Gasteiger partial charge < -0.3 is 5.73 Å². The Bertz CT molecular complexity index is 335. The van der Waals surface area contributed by atoms with Crippen molar-refractivity contribution in [2.45, 2.75) is 25.7 Å². The highest BCUT2D eigenvalue weighted by Crippen LogP contribution is 2.36. The van der Waals surface area contributed by atoms with Crippen LogP contribution in [0.2, 0.25) is 0 Å². The zero-order valence-electron chi connectivity index (χ0n) is 8.46. The van der Waals surface area contributed by atoms with E-state index in [9.17, 15) is 4.39 Å². The summed E-state index contributed by atoms with van der Waals surface area (Å²) in [4.78, 5) is 0. The minimum Gasteiger partial charge on any atom is -0.330 e. The molecule has 0 aliphatic heterocycles. The van der Waals surface area contributed by atoms with Gasteiger partial charge in [0.15, 0.2) is 0 Å². The minimum atomic E-state index is -0.0511. The Kier molecular flexibility index (Phi) is 2.55. The maximum Gasteiger partial charge on any atom is 0.126 e. The molecule has 2 atom stereocenters. The fourth-order valence-corrected chi connectivity index (χ4v) is 2.42. The van der Waals surface area contributed by atoms with Crippen LogP contribution >= 0.6 is 0 Å². The largest absolute Gasteiger partial charge is 0.330 e. The van der Waals surface area contributed by atoms with Crippen molar-refractivity contribution in [3.63, 3.8) is 0 Å². The molecule has 0 heterocycles. The van der Waals surface area contributed by atoms with Crippen LogP contribution < -0.4 is 5.73 Å². The summed E-state index contributed by atoms with van der Waals surface area (Å²) in [5.74, 6) is 0.869. The van der Waals surface area contributed by atoms with Gasteiger partial charge in [-0.15, -0.1) is 0 Å². The lowest BCUT2D eigenvalue weighted by Crippen LogP contribution is -2.26. The van der Waals surface area contributed by atoms with Gasteiger partial charge in [0.1, 0.15) is 5.82 Å². The van der Waals surface area contributed by atoms with E-state index in [1.807, 2.05) is 6.07 Å². The molecule has 0 radical (unpaired) electrons. The summed E-state index contributed by atoms with van der Waals surface area (Å²) >= 11 is 0. The Balaban J connectivity index is 2.41. The smallest absolute Gasteiger partial charge is 0.126 e. The third-order valence-electron chi connectivity index (χ3n) is 3.42. The fourth-order valence-electron chi connectivity index (χ4n) is 2.42. The summed E-state index contributed by atoms with van der Waals surface area (Å²) in [5.41, 5.74) is 7.76. The van der Waals surface area contributed by atoms with Gasteiger partial charge in [-0.1, -0.05) is 19.1 Å². The molecule has 0 saturated carbocycles. The van der Waals surface area contributed by atoms with E-state index >= 15 is 0 Å². The Labute approximate surface area is 84.1 Å². The molecule has 1 nitrogen and oxygen atoms in total. The van der Waals surface area contributed by atoms with Crippen molar-refractivity contribution in [2.24, 2.45) is 11.7 Å².